The molecule has 322 valence electrons. The molecule has 0 bridgehead atoms. The Morgan fingerprint density at radius 2 is 1.52 bits per heavy atom. The van der Waals surface area contributed by atoms with E-state index in [4.69, 9.17) is 6.57 Å². The van der Waals surface area contributed by atoms with E-state index in [0.717, 1.165) is 87.1 Å². The highest BCUT2D eigenvalue weighted by Crippen LogP contribution is 2.43. The average Bonchev–Trinajstić information content (AvgIpc) is 3.63. The summed E-state index contributed by atoms with van der Waals surface area (Å²) in [5.41, 5.74) is 0.0825. The number of piperazine rings is 1. The van der Waals surface area contributed by atoms with Crippen molar-refractivity contribution in [2.45, 2.75) is 62.7 Å². The van der Waals surface area contributed by atoms with E-state index in [0.29, 0.717) is 36.2 Å². The van der Waals surface area contributed by atoms with Crippen molar-refractivity contribution < 1.29 is 37.1 Å². The Bertz CT molecular complexity index is 2650. The number of amides is 5. The fraction of sp³-hybridized carbons (Fsp3) is 0.432. The standard InChI is InChI=1S/C44H44F3N9O6/c1-48-33-8-4-27(22-32(33)44(45,46)47)49-41(61)43(14-3-15-43)56-34-9-6-29(24-36(34)51(2)42(56)62)53-16-12-26(13-17-53)25-52-18-20-54(21-19-52)28-5-7-30-31(23-28)40(60)55(39(30)59)35-10-11-37(57)50-38(35)58/h4-9,22-24,26,35H,3,10-21,25H2,2H3,(H,49,61)(H,50,57,58). The SMILES string of the molecule is [C-]#[N+]c1ccc(NC(=O)C2(n3c(=O)n(C)c4cc(N5CCC(CN6CCN(c7ccc8c(c7)C(=O)N(C7CCC(=O)NC7=O)C8=O)CC6)CC5)ccc43)CCC2)cc1C(F)(F)F. The second-order valence-corrected chi connectivity index (χ2v) is 16.9. The van der Waals surface area contributed by atoms with Crippen LogP contribution in [0, 0.1) is 12.5 Å². The smallest absolute Gasteiger partial charge is 0.371 e. The van der Waals surface area contributed by atoms with Gasteiger partial charge >= 0.3 is 11.9 Å². The number of aryl methyl sites for hydroxylation is 1. The van der Waals surface area contributed by atoms with Crippen LogP contribution in [0.4, 0.5) is 35.9 Å². The summed E-state index contributed by atoms with van der Waals surface area (Å²) in [5.74, 6) is -2.19. The third-order valence-electron chi connectivity index (χ3n) is 13.4. The number of anilines is 3. The number of carbonyl (C=O) groups is 5. The summed E-state index contributed by atoms with van der Waals surface area (Å²) < 4.78 is 44.0. The van der Waals surface area contributed by atoms with Crippen LogP contribution in [-0.2, 0) is 33.1 Å². The van der Waals surface area contributed by atoms with E-state index in [1.165, 1.54) is 15.2 Å². The molecule has 1 atom stereocenters. The predicted octanol–water partition coefficient (Wildman–Crippen LogP) is 4.87. The van der Waals surface area contributed by atoms with Crippen LogP contribution in [0.25, 0.3) is 15.9 Å². The lowest BCUT2D eigenvalue weighted by molar-refractivity contribution is -0.137. The summed E-state index contributed by atoms with van der Waals surface area (Å²) >= 11 is 0. The summed E-state index contributed by atoms with van der Waals surface area (Å²) in [5, 5.41) is 4.84. The van der Waals surface area contributed by atoms with Crippen molar-refractivity contribution in [1.29, 1.82) is 0 Å². The molecular weight excluding hydrogens is 808 g/mol. The third-order valence-corrected chi connectivity index (χ3v) is 13.4. The fourth-order valence-corrected chi connectivity index (χ4v) is 9.77. The van der Waals surface area contributed by atoms with Crippen molar-refractivity contribution >= 4 is 63.3 Å². The first-order valence-corrected chi connectivity index (χ1v) is 20.9. The van der Waals surface area contributed by atoms with E-state index in [9.17, 15) is 41.9 Å². The van der Waals surface area contributed by atoms with Crippen LogP contribution in [0.5, 0.6) is 0 Å². The number of imide groups is 2. The van der Waals surface area contributed by atoms with Crippen molar-refractivity contribution in [1.82, 2.24) is 24.3 Å². The molecule has 5 aliphatic rings. The van der Waals surface area contributed by atoms with Crippen molar-refractivity contribution in [3.05, 3.63) is 93.2 Å². The van der Waals surface area contributed by atoms with E-state index in [-0.39, 0.29) is 35.3 Å². The number of piperidine rings is 2. The number of rotatable bonds is 8. The van der Waals surface area contributed by atoms with Crippen LogP contribution >= 0.6 is 0 Å². The van der Waals surface area contributed by atoms with E-state index in [1.54, 1.807) is 19.2 Å². The minimum Gasteiger partial charge on any atom is -0.371 e. The van der Waals surface area contributed by atoms with Crippen LogP contribution in [0.3, 0.4) is 0 Å². The first kappa shape index (κ1) is 40.9. The Labute approximate surface area is 353 Å². The van der Waals surface area contributed by atoms with Gasteiger partial charge < -0.3 is 15.1 Å². The highest BCUT2D eigenvalue weighted by atomic mass is 19.4. The third kappa shape index (κ3) is 6.97. The van der Waals surface area contributed by atoms with Crippen LogP contribution in [0.15, 0.2) is 59.4 Å². The van der Waals surface area contributed by atoms with Gasteiger partial charge in [0.05, 0.1) is 34.3 Å². The van der Waals surface area contributed by atoms with E-state index in [2.05, 4.69) is 30.2 Å². The minimum atomic E-state index is -4.78. The Balaban J connectivity index is 0.811. The molecule has 4 fully saturated rings. The molecule has 0 spiro atoms. The molecule has 18 heteroatoms. The Hall–Kier alpha value is -6.48. The summed E-state index contributed by atoms with van der Waals surface area (Å²) in [4.78, 5) is 89.2. The van der Waals surface area contributed by atoms with Gasteiger partial charge in [0.25, 0.3) is 17.7 Å². The van der Waals surface area contributed by atoms with Crippen LogP contribution in [-0.4, -0.2) is 100 Å². The number of hydrogen-bond acceptors (Lipinski definition) is 9. The quantitative estimate of drug-likeness (QED) is 0.187. The highest BCUT2D eigenvalue weighted by molar-refractivity contribution is 6.23. The summed E-state index contributed by atoms with van der Waals surface area (Å²) in [6.45, 7) is 12.8. The van der Waals surface area contributed by atoms with Gasteiger partial charge in [0.1, 0.15) is 11.6 Å². The number of nitrogens with zero attached hydrogens (tertiary/aromatic N) is 7. The van der Waals surface area contributed by atoms with Crippen molar-refractivity contribution in [3.63, 3.8) is 0 Å². The van der Waals surface area contributed by atoms with Gasteiger partial charge in [-0.15, -0.1) is 0 Å². The monoisotopic (exact) mass is 851 g/mol. The van der Waals surface area contributed by atoms with Gasteiger partial charge in [-0.25, -0.2) is 9.64 Å². The van der Waals surface area contributed by atoms with Gasteiger partial charge in [-0.3, -0.25) is 48.2 Å². The molecule has 4 aliphatic heterocycles. The average molecular weight is 852 g/mol. The highest BCUT2D eigenvalue weighted by Gasteiger charge is 2.49. The number of alkyl halides is 3. The zero-order chi connectivity index (χ0) is 43.7. The molecule has 5 heterocycles. The maximum Gasteiger partial charge on any atom is 0.407 e. The molecule has 1 saturated carbocycles. The normalized spacial score (nSPS) is 20.9. The molecule has 4 aromatic rings. The van der Waals surface area contributed by atoms with Crippen molar-refractivity contribution in [3.8, 4) is 0 Å². The zero-order valence-corrected chi connectivity index (χ0v) is 34.0. The molecule has 1 aromatic heterocycles. The molecule has 9 rings (SSSR count). The molecule has 0 radical (unpaired) electrons. The fourth-order valence-electron chi connectivity index (χ4n) is 9.77. The molecule has 15 nitrogen and oxygen atoms in total. The van der Waals surface area contributed by atoms with Crippen molar-refractivity contribution in [2.24, 2.45) is 13.0 Å². The number of benzene rings is 3. The first-order valence-electron chi connectivity index (χ1n) is 20.9. The van der Waals surface area contributed by atoms with Crippen LogP contribution in [0.2, 0.25) is 0 Å². The van der Waals surface area contributed by atoms with Crippen molar-refractivity contribution in [2.75, 3.05) is 60.9 Å². The summed E-state index contributed by atoms with van der Waals surface area (Å²) in [7, 11) is 1.66. The molecule has 3 saturated heterocycles. The van der Waals surface area contributed by atoms with Gasteiger partial charge in [0.2, 0.25) is 11.8 Å². The molecule has 5 amide bonds. The molecule has 1 aliphatic carbocycles. The van der Waals surface area contributed by atoms with E-state index < -0.39 is 58.5 Å². The largest absolute Gasteiger partial charge is 0.407 e. The lowest BCUT2D eigenvalue weighted by Crippen LogP contribution is -2.54. The lowest BCUT2D eigenvalue weighted by atomic mass is 9.75. The molecule has 62 heavy (non-hydrogen) atoms. The molecule has 3 aromatic carbocycles. The maximum atomic E-state index is 13.9. The number of hydrogen-bond donors (Lipinski definition) is 2. The Morgan fingerprint density at radius 1 is 0.839 bits per heavy atom. The summed E-state index contributed by atoms with van der Waals surface area (Å²) in [6, 6.07) is 13.0. The Morgan fingerprint density at radius 3 is 2.18 bits per heavy atom. The minimum absolute atomic E-state index is 0.0646. The van der Waals surface area contributed by atoms with Gasteiger partial charge in [0.15, 0.2) is 5.69 Å². The van der Waals surface area contributed by atoms with E-state index in [1.807, 2.05) is 24.3 Å². The number of carbonyl (C=O) groups excluding carboxylic acids is 5. The zero-order valence-electron chi connectivity index (χ0n) is 34.0. The number of imidazole rings is 1. The lowest BCUT2D eigenvalue weighted by Gasteiger charge is -2.41. The number of fused-ring (bicyclic) bond motifs is 2. The second-order valence-electron chi connectivity index (χ2n) is 16.9. The van der Waals surface area contributed by atoms with Crippen LogP contribution in [0.1, 0.15) is 71.2 Å². The van der Waals surface area contributed by atoms with Crippen LogP contribution < -0.4 is 26.1 Å². The van der Waals surface area contributed by atoms with Gasteiger partial charge in [-0.2, -0.15) is 13.2 Å². The topological polar surface area (TPSA) is 154 Å². The van der Waals surface area contributed by atoms with Gasteiger partial charge in [-0.1, -0.05) is 6.07 Å². The first-order chi connectivity index (χ1) is 29.7. The molecule has 2 N–H and O–H groups in total. The van der Waals surface area contributed by atoms with Gasteiger partial charge in [0, 0.05) is 76.3 Å². The van der Waals surface area contributed by atoms with Gasteiger partial charge in [-0.05, 0) is 93.0 Å². The summed E-state index contributed by atoms with van der Waals surface area (Å²) in [6.07, 6.45) is -1.31. The number of aromatic nitrogens is 2. The number of nitrogens with one attached hydrogen (secondary N) is 2. The molecule has 1 unspecified atom stereocenters. The predicted molar refractivity (Wildman–Crippen MR) is 222 cm³/mol. The van der Waals surface area contributed by atoms with E-state index >= 15 is 0 Å². The second kappa shape index (κ2) is 15.5. The number of halogens is 3. The maximum absolute atomic E-state index is 13.9. The molecular formula is C44H44F3N9O6. The Kier molecular flexibility index (Phi) is 10.2.